The minimum absolute atomic E-state index is 0.586. The van der Waals surface area contributed by atoms with E-state index in [0.717, 1.165) is 11.3 Å². The number of nitrogens with two attached hydrogens (primary N) is 1. The number of aliphatic imine (C=N–C) groups is 1. The van der Waals surface area contributed by atoms with Gasteiger partial charge in [-0.25, -0.2) is 5.84 Å². The number of allylic oxidation sites excluding steroid dienone is 2. The third-order valence-electron chi connectivity index (χ3n) is 1.52. The Labute approximate surface area is 54.8 Å². The van der Waals surface area contributed by atoms with E-state index in [9.17, 15) is 0 Å². The van der Waals surface area contributed by atoms with Gasteiger partial charge in [0.1, 0.15) is 6.67 Å². The summed E-state index contributed by atoms with van der Waals surface area (Å²) in [6.45, 7) is 4.57. The molecule has 1 heterocycles. The lowest BCUT2D eigenvalue weighted by molar-refractivity contribution is 0.366. The van der Waals surface area contributed by atoms with Gasteiger partial charge in [-0.3, -0.25) is 10.0 Å². The van der Waals surface area contributed by atoms with Gasteiger partial charge < -0.3 is 0 Å². The van der Waals surface area contributed by atoms with Crippen molar-refractivity contribution >= 4 is 6.21 Å². The lowest BCUT2D eigenvalue weighted by Gasteiger charge is -2.21. The minimum atomic E-state index is 0.586. The molecule has 2 N–H and O–H groups in total. The number of nitrogens with zero attached hydrogens (tertiary/aromatic N) is 2. The summed E-state index contributed by atoms with van der Waals surface area (Å²) in [6.07, 6.45) is 1.85. The molecule has 0 aromatic rings. The summed E-state index contributed by atoms with van der Waals surface area (Å²) >= 11 is 0. The predicted octanol–water partition coefficient (Wildman–Crippen LogP) is 0.498. The Hall–Kier alpha value is -0.830. The molecule has 0 amide bonds. The summed E-state index contributed by atoms with van der Waals surface area (Å²) in [5.74, 6) is 5.53. The zero-order chi connectivity index (χ0) is 6.85. The van der Waals surface area contributed by atoms with Gasteiger partial charge in [-0.15, -0.1) is 0 Å². The van der Waals surface area contributed by atoms with E-state index in [-0.39, 0.29) is 0 Å². The van der Waals surface area contributed by atoms with Gasteiger partial charge in [0.25, 0.3) is 0 Å². The van der Waals surface area contributed by atoms with Crippen LogP contribution in [-0.4, -0.2) is 17.9 Å². The number of hydrogen-bond acceptors (Lipinski definition) is 3. The van der Waals surface area contributed by atoms with Crippen LogP contribution in [0.25, 0.3) is 0 Å². The molecule has 3 nitrogen and oxygen atoms in total. The second-order valence-corrected chi connectivity index (χ2v) is 2.19. The molecule has 0 aliphatic carbocycles. The third-order valence-corrected chi connectivity index (χ3v) is 1.52. The highest BCUT2D eigenvalue weighted by atomic mass is 15.4. The molecule has 0 unspecified atom stereocenters. The van der Waals surface area contributed by atoms with Gasteiger partial charge in [0.2, 0.25) is 0 Å². The van der Waals surface area contributed by atoms with Crippen LogP contribution in [0.3, 0.4) is 0 Å². The third kappa shape index (κ3) is 1.10. The summed E-state index contributed by atoms with van der Waals surface area (Å²) in [5.41, 5.74) is 2.24. The molecule has 0 fully saturated rings. The molecule has 0 radical (unpaired) electrons. The van der Waals surface area contributed by atoms with Crippen molar-refractivity contribution < 1.29 is 0 Å². The Balaban J connectivity index is 2.83. The van der Waals surface area contributed by atoms with Crippen molar-refractivity contribution in [3.8, 4) is 0 Å². The molecular formula is C6H11N3. The van der Waals surface area contributed by atoms with Gasteiger partial charge in [0.05, 0.1) is 0 Å². The van der Waals surface area contributed by atoms with Crippen LogP contribution in [0.4, 0.5) is 0 Å². The molecule has 1 aliphatic heterocycles. The average molecular weight is 125 g/mol. The maximum Gasteiger partial charge on any atom is 0.124 e. The fourth-order valence-corrected chi connectivity index (χ4v) is 0.692. The van der Waals surface area contributed by atoms with E-state index in [1.54, 1.807) is 5.01 Å². The molecule has 0 saturated heterocycles. The molecule has 0 atom stereocenters. The Bertz CT molecular complexity index is 169. The van der Waals surface area contributed by atoms with Crippen molar-refractivity contribution in [3.05, 3.63) is 11.3 Å². The van der Waals surface area contributed by atoms with Crippen LogP contribution in [0.15, 0.2) is 16.3 Å². The lowest BCUT2D eigenvalue weighted by Crippen LogP contribution is -2.32. The molecule has 0 aromatic heterocycles. The van der Waals surface area contributed by atoms with Gasteiger partial charge in [0, 0.05) is 11.9 Å². The van der Waals surface area contributed by atoms with E-state index in [0.29, 0.717) is 6.67 Å². The van der Waals surface area contributed by atoms with Crippen molar-refractivity contribution in [2.75, 3.05) is 6.67 Å². The zero-order valence-electron chi connectivity index (χ0n) is 5.76. The number of rotatable bonds is 0. The fourth-order valence-electron chi connectivity index (χ4n) is 0.692. The summed E-state index contributed by atoms with van der Waals surface area (Å²) in [6, 6.07) is 0. The highest BCUT2D eigenvalue weighted by Crippen LogP contribution is 2.07. The largest absolute Gasteiger partial charge is 0.294 e. The molecular weight excluding hydrogens is 114 g/mol. The smallest absolute Gasteiger partial charge is 0.124 e. The molecule has 9 heavy (non-hydrogen) atoms. The van der Waals surface area contributed by atoms with Crippen LogP contribution in [0.1, 0.15) is 13.8 Å². The molecule has 0 bridgehead atoms. The fraction of sp³-hybridized carbons (Fsp3) is 0.500. The normalized spacial score (nSPS) is 19.2. The second kappa shape index (κ2) is 2.19. The number of hydrazine groups is 1. The van der Waals surface area contributed by atoms with Crippen LogP contribution >= 0.6 is 0 Å². The van der Waals surface area contributed by atoms with E-state index in [2.05, 4.69) is 4.99 Å². The summed E-state index contributed by atoms with van der Waals surface area (Å²) in [4.78, 5) is 4.01. The van der Waals surface area contributed by atoms with Gasteiger partial charge in [0.15, 0.2) is 0 Å². The van der Waals surface area contributed by atoms with Crippen molar-refractivity contribution in [1.29, 1.82) is 0 Å². The molecule has 1 aliphatic rings. The Morgan fingerprint density at radius 3 is 2.78 bits per heavy atom. The Morgan fingerprint density at radius 2 is 2.33 bits per heavy atom. The van der Waals surface area contributed by atoms with E-state index >= 15 is 0 Å². The highest BCUT2D eigenvalue weighted by molar-refractivity contribution is 5.79. The van der Waals surface area contributed by atoms with Gasteiger partial charge in [-0.2, -0.15) is 0 Å². The molecule has 3 heteroatoms. The lowest BCUT2D eigenvalue weighted by atomic mass is 10.2. The second-order valence-electron chi connectivity index (χ2n) is 2.19. The summed E-state index contributed by atoms with van der Waals surface area (Å²) < 4.78 is 0. The van der Waals surface area contributed by atoms with Crippen LogP contribution in [0, 0.1) is 0 Å². The highest BCUT2D eigenvalue weighted by Gasteiger charge is 2.04. The summed E-state index contributed by atoms with van der Waals surface area (Å²) in [7, 11) is 0. The SMILES string of the molecule is CC1=C(C)N(N)CN=C1. The first-order chi connectivity index (χ1) is 4.22. The maximum absolute atomic E-state index is 5.53. The van der Waals surface area contributed by atoms with Crippen LogP contribution < -0.4 is 5.84 Å². The van der Waals surface area contributed by atoms with Crippen LogP contribution in [0.2, 0.25) is 0 Å². The van der Waals surface area contributed by atoms with Crippen molar-refractivity contribution in [2.45, 2.75) is 13.8 Å². The summed E-state index contributed by atoms with van der Waals surface area (Å²) in [5, 5.41) is 1.63. The van der Waals surface area contributed by atoms with E-state index in [1.807, 2.05) is 20.1 Å². The number of hydrogen-bond donors (Lipinski definition) is 1. The van der Waals surface area contributed by atoms with Crippen LogP contribution in [0.5, 0.6) is 0 Å². The van der Waals surface area contributed by atoms with Gasteiger partial charge in [-0.05, 0) is 19.4 Å². The monoisotopic (exact) mass is 125 g/mol. The topological polar surface area (TPSA) is 41.6 Å². The Morgan fingerprint density at radius 1 is 1.67 bits per heavy atom. The standard InChI is InChI=1S/C6H11N3/c1-5-3-8-4-9(7)6(5)2/h3H,4,7H2,1-2H3. The van der Waals surface area contributed by atoms with E-state index in [1.165, 1.54) is 0 Å². The van der Waals surface area contributed by atoms with E-state index < -0.39 is 0 Å². The van der Waals surface area contributed by atoms with Crippen molar-refractivity contribution in [1.82, 2.24) is 5.01 Å². The van der Waals surface area contributed by atoms with Crippen molar-refractivity contribution in [3.63, 3.8) is 0 Å². The first-order valence-corrected chi connectivity index (χ1v) is 2.91. The Kier molecular flexibility index (Phi) is 1.53. The van der Waals surface area contributed by atoms with Crippen molar-refractivity contribution in [2.24, 2.45) is 10.8 Å². The quantitative estimate of drug-likeness (QED) is 0.479. The van der Waals surface area contributed by atoms with E-state index in [4.69, 9.17) is 5.84 Å². The molecule has 0 aromatic carbocycles. The molecule has 0 spiro atoms. The van der Waals surface area contributed by atoms with Crippen LogP contribution in [-0.2, 0) is 0 Å². The first kappa shape index (κ1) is 6.29. The zero-order valence-corrected chi connectivity index (χ0v) is 5.76. The minimum Gasteiger partial charge on any atom is -0.294 e. The molecule has 50 valence electrons. The molecule has 1 rings (SSSR count). The molecule has 0 saturated carbocycles. The first-order valence-electron chi connectivity index (χ1n) is 2.91. The maximum atomic E-state index is 5.53. The van der Waals surface area contributed by atoms with Gasteiger partial charge >= 0.3 is 0 Å². The average Bonchev–Trinajstić information content (AvgIpc) is 1.83. The van der Waals surface area contributed by atoms with Gasteiger partial charge in [-0.1, -0.05) is 0 Å². The predicted molar refractivity (Wildman–Crippen MR) is 37.8 cm³/mol.